The van der Waals surface area contributed by atoms with E-state index in [2.05, 4.69) is 6.92 Å². The number of hydrogen-bond acceptors (Lipinski definition) is 4. The molecule has 0 amide bonds. The second kappa shape index (κ2) is 11.7. The van der Waals surface area contributed by atoms with Crippen molar-refractivity contribution in [1.29, 1.82) is 0 Å². The molecule has 0 fully saturated rings. The van der Waals surface area contributed by atoms with Crippen LogP contribution in [0.1, 0.15) is 24.5 Å². The highest BCUT2D eigenvalue weighted by atomic mass is 16.5. The molecular formula is C20H25NO4. The summed E-state index contributed by atoms with van der Waals surface area (Å²) in [6.45, 7) is 3.37. The van der Waals surface area contributed by atoms with Gasteiger partial charge in [0.2, 0.25) is 5.76 Å². The average Bonchev–Trinajstić information content (AvgIpc) is 2.66. The van der Waals surface area contributed by atoms with Crippen LogP contribution in [-0.2, 0) is 16.1 Å². The molecule has 0 radical (unpaired) electrons. The van der Waals surface area contributed by atoms with Crippen molar-refractivity contribution >= 4 is 12.0 Å². The van der Waals surface area contributed by atoms with Crippen LogP contribution >= 0.6 is 0 Å². The minimum atomic E-state index is -1.10. The van der Waals surface area contributed by atoms with Gasteiger partial charge in [0.15, 0.2) is 0 Å². The van der Waals surface area contributed by atoms with E-state index in [1.54, 1.807) is 24.3 Å². The predicted molar refractivity (Wildman–Crippen MR) is 99.2 cm³/mol. The molecule has 0 aliphatic heterocycles. The van der Waals surface area contributed by atoms with Crippen LogP contribution in [0.5, 0.6) is 5.75 Å². The number of benzene rings is 2. The van der Waals surface area contributed by atoms with Gasteiger partial charge in [-0.2, -0.15) is 0 Å². The highest BCUT2D eigenvalue weighted by molar-refractivity contribution is 5.89. The Labute approximate surface area is 148 Å². The van der Waals surface area contributed by atoms with E-state index in [1.807, 2.05) is 30.3 Å². The third-order valence-electron chi connectivity index (χ3n) is 3.15. The molecule has 25 heavy (non-hydrogen) atoms. The summed E-state index contributed by atoms with van der Waals surface area (Å²) < 4.78 is 10.4. The lowest BCUT2D eigenvalue weighted by molar-refractivity contribution is -0.135. The first kappa shape index (κ1) is 20.3. The fourth-order valence-electron chi connectivity index (χ4n) is 1.76. The van der Waals surface area contributed by atoms with Gasteiger partial charge in [0.05, 0.1) is 7.11 Å². The number of carboxylic acids is 1. The number of ether oxygens (including phenoxy) is 2. The molecule has 0 aliphatic rings. The Bertz CT molecular complexity index is 649. The van der Waals surface area contributed by atoms with Crippen molar-refractivity contribution < 1.29 is 19.4 Å². The van der Waals surface area contributed by atoms with Crippen LogP contribution in [0.15, 0.2) is 60.4 Å². The topological polar surface area (TPSA) is 81.8 Å². The molecule has 0 saturated carbocycles. The molecule has 0 aromatic heterocycles. The van der Waals surface area contributed by atoms with Crippen molar-refractivity contribution in [2.75, 3.05) is 13.7 Å². The van der Waals surface area contributed by atoms with Crippen molar-refractivity contribution in [3.8, 4) is 5.75 Å². The maximum absolute atomic E-state index is 10.8. The van der Waals surface area contributed by atoms with Gasteiger partial charge in [-0.1, -0.05) is 49.4 Å². The second-order valence-corrected chi connectivity index (χ2v) is 5.15. The SMILES string of the molecule is CCCN.CO/C(=C\c1ccc(OCc2ccccc2)cc1)C(=O)O. The first-order chi connectivity index (χ1) is 12.1. The lowest BCUT2D eigenvalue weighted by Gasteiger charge is -2.06. The molecular weight excluding hydrogens is 318 g/mol. The van der Waals surface area contributed by atoms with Crippen molar-refractivity contribution in [3.05, 3.63) is 71.5 Å². The van der Waals surface area contributed by atoms with Gasteiger partial charge >= 0.3 is 5.97 Å². The number of methoxy groups -OCH3 is 1. The summed E-state index contributed by atoms with van der Waals surface area (Å²) in [5.74, 6) is -0.472. The first-order valence-electron chi connectivity index (χ1n) is 8.06. The number of carboxylic acid groups (broad SMARTS) is 1. The third-order valence-corrected chi connectivity index (χ3v) is 3.15. The van der Waals surface area contributed by atoms with Crippen LogP contribution in [0.3, 0.4) is 0 Å². The molecule has 0 aliphatic carbocycles. The third kappa shape index (κ3) is 8.04. The maximum atomic E-state index is 10.8. The zero-order chi connectivity index (χ0) is 18.5. The molecule has 134 valence electrons. The molecule has 2 aromatic carbocycles. The van der Waals surface area contributed by atoms with Crippen LogP contribution in [0, 0.1) is 0 Å². The molecule has 5 nitrogen and oxygen atoms in total. The molecule has 0 atom stereocenters. The van der Waals surface area contributed by atoms with Crippen LogP contribution in [0.25, 0.3) is 6.08 Å². The molecule has 0 bridgehead atoms. The van der Waals surface area contributed by atoms with E-state index < -0.39 is 5.97 Å². The van der Waals surface area contributed by atoms with Crippen molar-refractivity contribution in [2.24, 2.45) is 5.73 Å². The fourth-order valence-corrected chi connectivity index (χ4v) is 1.76. The summed E-state index contributed by atoms with van der Waals surface area (Å²) in [7, 11) is 1.33. The van der Waals surface area contributed by atoms with Gasteiger partial charge in [-0.25, -0.2) is 4.79 Å². The van der Waals surface area contributed by atoms with Crippen molar-refractivity contribution in [3.63, 3.8) is 0 Å². The maximum Gasteiger partial charge on any atom is 0.371 e. The zero-order valence-electron chi connectivity index (χ0n) is 14.6. The van der Waals surface area contributed by atoms with Gasteiger partial charge in [-0.3, -0.25) is 0 Å². The summed E-state index contributed by atoms with van der Waals surface area (Å²) in [6, 6.07) is 17.0. The zero-order valence-corrected chi connectivity index (χ0v) is 14.6. The largest absolute Gasteiger partial charge is 0.490 e. The van der Waals surface area contributed by atoms with Gasteiger partial charge in [0, 0.05) is 0 Å². The smallest absolute Gasteiger partial charge is 0.371 e. The molecule has 0 unspecified atom stereocenters. The Morgan fingerprint density at radius 1 is 1.12 bits per heavy atom. The monoisotopic (exact) mass is 343 g/mol. The number of hydrogen-bond donors (Lipinski definition) is 2. The molecule has 3 N–H and O–H groups in total. The Kier molecular flexibility index (Phi) is 9.48. The van der Waals surface area contributed by atoms with Crippen LogP contribution < -0.4 is 10.5 Å². The summed E-state index contributed by atoms with van der Waals surface area (Å²) >= 11 is 0. The van der Waals surface area contributed by atoms with E-state index in [1.165, 1.54) is 13.2 Å². The Hall–Kier alpha value is -2.79. The summed E-state index contributed by atoms with van der Waals surface area (Å²) in [5, 5.41) is 8.88. The molecule has 0 saturated heterocycles. The Morgan fingerprint density at radius 2 is 1.72 bits per heavy atom. The highest BCUT2D eigenvalue weighted by Gasteiger charge is 2.06. The number of aliphatic carboxylic acids is 1. The minimum Gasteiger partial charge on any atom is -0.490 e. The van der Waals surface area contributed by atoms with Gasteiger partial charge in [-0.05, 0) is 42.3 Å². The highest BCUT2D eigenvalue weighted by Crippen LogP contribution is 2.16. The molecule has 0 heterocycles. The van der Waals surface area contributed by atoms with Crippen LogP contribution in [0.4, 0.5) is 0 Å². The van der Waals surface area contributed by atoms with Gasteiger partial charge in [0.25, 0.3) is 0 Å². The number of carbonyl (C=O) groups is 1. The molecule has 2 rings (SSSR count). The second-order valence-electron chi connectivity index (χ2n) is 5.15. The van der Waals surface area contributed by atoms with Crippen LogP contribution in [-0.4, -0.2) is 24.7 Å². The molecule has 5 heteroatoms. The minimum absolute atomic E-state index is 0.104. The standard InChI is InChI=1S/C17H16O4.C3H9N/c1-20-16(17(18)19)11-13-7-9-15(10-8-13)21-12-14-5-3-2-4-6-14;1-2-3-4/h2-11H,12H2,1H3,(H,18,19);2-4H2,1H3/b16-11-;. The average molecular weight is 343 g/mol. The van der Waals surface area contributed by atoms with Gasteiger partial charge in [-0.15, -0.1) is 0 Å². The predicted octanol–water partition coefficient (Wildman–Crippen LogP) is 3.69. The molecule has 0 spiro atoms. The quantitative estimate of drug-likeness (QED) is 0.592. The van der Waals surface area contributed by atoms with Crippen molar-refractivity contribution in [2.45, 2.75) is 20.0 Å². The number of nitrogens with two attached hydrogens (primary N) is 1. The van der Waals surface area contributed by atoms with E-state index in [4.69, 9.17) is 20.3 Å². The van der Waals surface area contributed by atoms with Crippen LogP contribution in [0.2, 0.25) is 0 Å². The first-order valence-corrected chi connectivity index (χ1v) is 8.06. The Morgan fingerprint density at radius 3 is 2.20 bits per heavy atom. The normalized spacial score (nSPS) is 10.4. The van der Waals surface area contributed by atoms with E-state index in [9.17, 15) is 4.79 Å². The summed E-state index contributed by atoms with van der Waals surface area (Å²) in [4.78, 5) is 10.8. The van der Waals surface area contributed by atoms with E-state index in [0.717, 1.165) is 29.8 Å². The lowest BCUT2D eigenvalue weighted by Crippen LogP contribution is -2.01. The van der Waals surface area contributed by atoms with Gasteiger partial charge < -0.3 is 20.3 Å². The molecule has 2 aromatic rings. The summed E-state index contributed by atoms with van der Waals surface area (Å²) in [5.41, 5.74) is 6.86. The Balaban J connectivity index is 0.000000705. The van der Waals surface area contributed by atoms with E-state index in [-0.39, 0.29) is 5.76 Å². The van der Waals surface area contributed by atoms with Gasteiger partial charge in [0.1, 0.15) is 12.4 Å². The fraction of sp³-hybridized carbons (Fsp3) is 0.250. The number of rotatable bonds is 7. The summed E-state index contributed by atoms with van der Waals surface area (Å²) in [6.07, 6.45) is 2.56. The lowest BCUT2D eigenvalue weighted by atomic mass is 10.2. The van der Waals surface area contributed by atoms with Crippen molar-refractivity contribution in [1.82, 2.24) is 0 Å². The van der Waals surface area contributed by atoms with E-state index in [0.29, 0.717) is 6.61 Å². The van der Waals surface area contributed by atoms with E-state index >= 15 is 0 Å².